The molecule has 0 unspecified atom stereocenters. The Morgan fingerprint density at radius 1 is 1.33 bits per heavy atom. The molecule has 0 aliphatic heterocycles. The molecule has 0 atom stereocenters. The van der Waals surface area contributed by atoms with Gasteiger partial charge in [-0.2, -0.15) is 5.10 Å². The van der Waals surface area contributed by atoms with Gasteiger partial charge < -0.3 is 10.1 Å². The summed E-state index contributed by atoms with van der Waals surface area (Å²) in [5.74, 6) is 0.882. The summed E-state index contributed by atoms with van der Waals surface area (Å²) in [6, 6.07) is 10.1. The first-order valence-electron chi connectivity index (χ1n) is 6.18. The molecule has 0 radical (unpaired) electrons. The van der Waals surface area contributed by atoms with Crippen LogP contribution in [0.2, 0.25) is 0 Å². The van der Waals surface area contributed by atoms with Gasteiger partial charge in [0.15, 0.2) is 0 Å². The average molecular weight is 245 g/mol. The van der Waals surface area contributed by atoms with E-state index in [9.17, 15) is 0 Å². The first-order chi connectivity index (χ1) is 8.81. The number of aromatic nitrogens is 2. The topological polar surface area (TPSA) is 39.1 Å². The Kier molecular flexibility index (Phi) is 4.36. The number of hydrogen-bond acceptors (Lipinski definition) is 3. The summed E-state index contributed by atoms with van der Waals surface area (Å²) in [5.41, 5.74) is 2.26. The molecule has 0 aliphatic carbocycles. The molecule has 2 rings (SSSR count). The standard InChI is InChI=1S/C14H19N3O/c1-3-15-10-13-7-8-17(16-13)11-12-5-4-6-14(9-12)18-2/h4-9,15H,3,10-11H2,1-2H3. The minimum absolute atomic E-state index is 0.767. The van der Waals surface area contributed by atoms with E-state index in [2.05, 4.69) is 23.4 Å². The first kappa shape index (κ1) is 12.6. The van der Waals surface area contributed by atoms with Gasteiger partial charge in [-0.3, -0.25) is 4.68 Å². The van der Waals surface area contributed by atoms with Gasteiger partial charge >= 0.3 is 0 Å². The smallest absolute Gasteiger partial charge is 0.119 e. The van der Waals surface area contributed by atoms with Crippen LogP contribution < -0.4 is 10.1 Å². The molecule has 2 aromatic rings. The van der Waals surface area contributed by atoms with Crippen molar-refractivity contribution >= 4 is 0 Å². The van der Waals surface area contributed by atoms with E-state index in [1.54, 1.807) is 7.11 Å². The summed E-state index contributed by atoms with van der Waals surface area (Å²) in [5, 5.41) is 7.78. The fourth-order valence-electron chi connectivity index (χ4n) is 1.80. The van der Waals surface area contributed by atoms with Crippen LogP contribution in [0.25, 0.3) is 0 Å². The highest BCUT2D eigenvalue weighted by molar-refractivity contribution is 5.28. The Balaban J connectivity index is 2.01. The zero-order valence-electron chi connectivity index (χ0n) is 10.9. The van der Waals surface area contributed by atoms with Crippen molar-refractivity contribution in [2.45, 2.75) is 20.0 Å². The lowest BCUT2D eigenvalue weighted by atomic mass is 10.2. The monoisotopic (exact) mass is 245 g/mol. The molecule has 0 bridgehead atoms. The molecule has 1 heterocycles. The second-order valence-corrected chi connectivity index (χ2v) is 4.14. The molecule has 0 fully saturated rings. The predicted molar refractivity (Wildman–Crippen MR) is 71.7 cm³/mol. The van der Waals surface area contributed by atoms with Gasteiger partial charge in [0, 0.05) is 12.7 Å². The molecule has 1 N–H and O–H groups in total. The van der Waals surface area contributed by atoms with Crippen LogP contribution in [0.15, 0.2) is 36.5 Å². The Bertz CT molecular complexity index is 493. The van der Waals surface area contributed by atoms with Crippen LogP contribution in [0.5, 0.6) is 5.75 Å². The summed E-state index contributed by atoms with van der Waals surface area (Å²) in [6.45, 7) is 4.64. The highest BCUT2D eigenvalue weighted by Crippen LogP contribution is 2.13. The zero-order chi connectivity index (χ0) is 12.8. The summed E-state index contributed by atoms with van der Waals surface area (Å²) < 4.78 is 7.16. The van der Waals surface area contributed by atoms with Crippen molar-refractivity contribution in [1.82, 2.24) is 15.1 Å². The van der Waals surface area contributed by atoms with Gasteiger partial charge in [-0.25, -0.2) is 0 Å². The van der Waals surface area contributed by atoms with Crippen LogP contribution in [0.4, 0.5) is 0 Å². The largest absolute Gasteiger partial charge is 0.497 e. The van der Waals surface area contributed by atoms with E-state index >= 15 is 0 Å². The lowest BCUT2D eigenvalue weighted by Crippen LogP contribution is -2.12. The highest BCUT2D eigenvalue weighted by Gasteiger charge is 2.00. The van der Waals surface area contributed by atoms with Crippen molar-refractivity contribution in [2.24, 2.45) is 0 Å². The van der Waals surface area contributed by atoms with Crippen LogP contribution in [-0.4, -0.2) is 23.4 Å². The molecule has 4 nitrogen and oxygen atoms in total. The Morgan fingerprint density at radius 2 is 2.22 bits per heavy atom. The van der Waals surface area contributed by atoms with Crippen LogP contribution >= 0.6 is 0 Å². The molecule has 0 saturated carbocycles. The maximum Gasteiger partial charge on any atom is 0.119 e. The molecular weight excluding hydrogens is 226 g/mol. The van der Waals surface area contributed by atoms with E-state index in [4.69, 9.17) is 4.74 Å². The molecule has 1 aromatic carbocycles. The van der Waals surface area contributed by atoms with Gasteiger partial charge in [0.25, 0.3) is 0 Å². The van der Waals surface area contributed by atoms with Gasteiger partial charge in [-0.05, 0) is 30.3 Å². The first-order valence-corrected chi connectivity index (χ1v) is 6.18. The molecule has 1 aromatic heterocycles. The summed E-state index contributed by atoms with van der Waals surface area (Å²) >= 11 is 0. The van der Waals surface area contributed by atoms with Crippen molar-refractivity contribution < 1.29 is 4.74 Å². The second-order valence-electron chi connectivity index (χ2n) is 4.14. The van der Waals surface area contributed by atoms with Crippen molar-refractivity contribution in [3.05, 3.63) is 47.8 Å². The van der Waals surface area contributed by atoms with Gasteiger partial charge in [-0.15, -0.1) is 0 Å². The average Bonchev–Trinajstić information content (AvgIpc) is 2.84. The Labute approximate surface area is 108 Å². The second kappa shape index (κ2) is 6.21. The van der Waals surface area contributed by atoms with Crippen LogP contribution in [0, 0.1) is 0 Å². The summed E-state index contributed by atoms with van der Waals surface area (Å²) in [7, 11) is 1.68. The summed E-state index contributed by atoms with van der Waals surface area (Å²) in [6.07, 6.45) is 2.01. The fourth-order valence-corrected chi connectivity index (χ4v) is 1.80. The minimum atomic E-state index is 0.767. The third-order valence-electron chi connectivity index (χ3n) is 2.73. The number of hydrogen-bond donors (Lipinski definition) is 1. The van der Waals surface area contributed by atoms with Crippen LogP contribution in [-0.2, 0) is 13.1 Å². The van der Waals surface area contributed by atoms with Gasteiger partial charge in [0.2, 0.25) is 0 Å². The highest BCUT2D eigenvalue weighted by atomic mass is 16.5. The van der Waals surface area contributed by atoms with E-state index < -0.39 is 0 Å². The molecule has 0 spiro atoms. The molecule has 0 aliphatic rings. The normalized spacial score (nSPS) is 10.6. The van der Waals surface area contributed by atoms with Gasteiger partial charge in [0.1, 0.15) is 5.75 Å². The van der Waals surface area contributed by atoms with Gasteiger partial charge in [-0.1, -0.05) is 19.1 Å². The van der Waals surface area contributed by atoms with Crippen LogP contribution in [0.1, 0.15) is 18.2 Å². The lowest BCUT2D eigenvalue weighted by Gasteiger charge is -2.04. The number of nitrogens with zero attached hydrogens (tertiary/aromatic N) is 2. The van der Waals surface area contributed by atoms with Crippen molar-refractivity contribution in [2.75, 3.05) is 13.7 Å². The maximum absolute atomic E-state index is 5.21. The van der Waals surface area contributed by atoms with Crippen LogP contribution in [0.3, 0.4) is 0 Å². The maximum atomic E-state index is 5.21. The summed E-state index contributed by atoms with van der Waals surface area (Å²) in [4.78, 5) is 0. The van der Waals surface area contributed by atoms with Crippen molar-refractivity contribution in [1.29, 1.82) is 0 Å². The third-order valence-corrected chi connectivity index (χ3v) is 2.73. The number of benzene rings is 1. The zero-order valence-corrected chi connectivity index (χ0v) is 10.9. The number of rotatable bonds is 6. The third kappa shape index (κ3) is 3.34. The Morgan fingerprint density at radius 3 is 3.00 bits per heavy atom. The molecule has 18 heavy (non-hydrogen) atoms. The van der Waals surface area contributed by atoms with E-state index in [-0.39, 0.29) is 0 Å². The van der Waals surface area contributed by atoms with E-state index in [1.165, 1.54) is 5.56 Å². The minimum Gasteiger partial charge on any atom is -0.497 e. The fraction of sp³-hybridized carbons (Fsp3) is 0.357. The predicted octanol–water partition coefficient (Wildman–Crippen LogP) is 2.05. The molecule has 0 saturated heterocycles. The molecule has 4 heteroatoms. The van der Waals surface area contributed by atoms with E-state index in [0.717, 1.165) is 31.1 Å². The van der Waals surface area contributed by atoms with Gasteiger partial charge in [0.05, 0.1) is 19.3 Å². The molecular formula is C14H19N3O. The number of methoxy groups -OCH3 is 1. The van der Waals surface area contributed by atoms with E-state index in [1.807, 2.05) is 35.1 Å². The van der Waals surface area contributed by atoms with Crippen molar-refractivity contribution in [3.8, 4) is 5.75 Å². The van der Waals surface area contributed by atoms with E-state index in [0.29, 0.717) is 0 Å². The number of ether oxygens (including phenoxy) is 1. The SMILES string of the molecule is CCNCc1ccn(Cc2cccc(OC)c2)n1. The molecule has 96 valence electrons. The quantitative estimate of drug-likeness (QED) is 0.846. The lowest BCUT2D eigenvalue weighted by molar-refractivity contribution is 0.414. The Hall–Kier alpha value is -1.81. The molecule has 0 amide bonds. The van der Waals surface area contributed by atoms with Crippen molar-refractivity contribution in [3.63, 3.8) is 0 Å². The number of nitrogens with one attached hydrogen (secondary N) is 1.